The van der Waals surface area contributed by atoms with E-state index in [-0.39, 0.29) is 23.5 Å². The molecule has 1 rings (SSSR count). The van der Waals surface area contributed by atoms with Crippen LogP contribution in [-0.2, 0) is 4.74 Å². The molecular weight excluding hydrogens is 318 g/mol. The number of nitrogens with one attached hydrogen (secondary N) is 1. The van der Waals surface area contributed by atoms with Crippen LogP contribution in [0, 0.1) is 17.0 Å². The molecule has 0 radical (unpaired) electrons. The summed E-state index contributed by atoms with van der Waals surface area (Å²) >= 11 is 0. The Morgan fingerprint density at radius 1 is 1.42 bits per heavy atom. The van der Waals surface area contributed by atoms with Gasteiger partial charge >= 0.3 is 6.09 Å². The van der Waals surface area contributed by atoms with Crippen molar-refractivity contribution < 1.29 is 24.7 Å². The summed E-state index contributed by atoms with van der Waals surface area (Å²) in [7, 11) is 0. The number of aryl methyl sites for hydroxylation is 1. The van der Waals surface area contributed by atoms with Crippen LogP contribution in [0.3, 0.4) is 0 Å². The number of carbonyl (C=O) groups excluding carboxylic acids is 1. The average Bonchev–Trinajstić information content (AvgIpc) is 2.43. The maximum Gasteiger partial charge on any atom is 0.407 e. The molecule has 0 saturated carbocycles. The number of anilines is 1. The number of nitrogens with zero attached hydrogens (tertiary/aromatic N) is 1. The molecule has 0 spiro atoms. The monoisotopic (exact) mass is 341 g/mol. The molecule has 0 aromatic heterocycles. The van der Waals surface area contributed by atoms with Crippen LogP contribution < -0.4 is 11.1 Å². The highest BCUT2D eigenvalue weighted by molar-refractivity contribution is 5.67. The fourth-order valence-corrected chi connectivity index (χ4v) is 2.01. The van der Waals surface area contributed by atoms with Gasteiger partial charge in [-0.1, -0.05) is 0 Å². The van der Waals surface area contributed by atoms with Crippen molar-refractivity contribution in [2.45, 2.75) is 45.5 Å². The molecule has 5 N–H and O–H groups in total. The largest absolute Gasteiger partial charge is 0.444 e. The summed E-state index contributed by atoms with van der Waals surface area (Å²) in [5.41, 5.74) is 5.29. The topological polar surface area (TPSA) is 148 Å². The second kappa shape index (κ2) is 7.45. The average molecular weight is 341 g/mol. The van der Waals surface area contributed by atoms with E-state index in [0.29, 0.717) is 5.56 Å². The van der Waals surface area contributed by atoms with Gasteiger partial charge in [-0.15, -0.1) is 0 Å². The van der Waals surface area contributed by atoms with Crippen LogP contribution in [0.5, 0.6) is 0 Å². The SMILES string of the molecule is Cc1cc(C(O)C(O)CNC(=O)OC(C)(C)C)c(N)cc1[N+](=O)[O-]. The van der Waals surface area contributed by atoms with Gasteiger partial charge in [0.25, 0.3) is 5.69 Å². The molecule has 0 aliphatic heterocycles. The first-order chi connectivity index (χ1) is 10.9. The van der Waals surface area contributed by atoms with Crippen molar-refractivity contribution in [3.63, 3.8) is 0 Å². The first kappa shape index (κ1) is 19.7. The fourth-order valence-electron chi connectivity index (χ4n) is 2.01. The molecule has 0 fully saturated rings. The molecule has 0 aliphatic carbocycles. The van der Waals surface area contributed by atoms with Crippen molar-refractivity contribution in [1.82, 2.24) is 5.32 Å². The van der Waals surface area contributed by atoms with E-state index in [9.17, 15) is 25.1 Å². The molecule has 134 valence electrons. The third-order valence-corrected chi connectivity index (χ3v) is 3.14. The number of nitrogens with two attached hydrogens (primary N) is 1. The minimum Gasteiger partial charge on any atom is -0.444 e. The normalized spacial score (nSPS) is 13.9. The molecule has 1 aromatic rings. The number of nitro benzene ring substituents is 1. The number of hydrogen-bond donors (Lipinski definition) is 4. The Kier molecular flexibility index (Phi) is 6.10. The molecule has 9 nitrogen and oxygen atoms in total. The summed E-state index contributed by atoms with van der Waals surface area (Å²) in [6.07, 6.45) is -3.51. The van der Waals surface area contributed by atoms with Crippen molar-refractivity contribution in [1.29, 1.82) is 0 Å². The lowest BCUT2D eigenvalue weighted by Crippen LogP contribution is -2.39. The van der Waals surface area contributed by atoms with E-state index in [4.69, 9.17) is 10.5 Å². The van der Waals surface area contributed by atoms with Gasteiger partial charge in [0.1, 0.15) is 17.8 Å². The molecule has 0 bridgehead atoms. The van der Waals surface area contributed by atoms with E-state index >= 15 is 0 Å². The summed E-state index contributed by atoms with van der Waals surface area (Å²) < 4.78 is 5.02. The van der Waals surface area contributed by atoms with Gasteiger partial charge in [-0.3, -0.25) is 10.1 Å². The number of aliphatic hydroxyl groups excluding tert-OH is 2. The van der Waals surface area contributed by atoms with Crippen molar-refractivity contribution in [2.24, 2.45) is 0 Å². The lowest BCUT2D eigenvalue weighted by molar-refractivity contribution is -0.385. The van der Waals surface area contributed by atoms with Crippen LogP contribution in [0.4, 0.5) is 16.2 Å². The number of aliphatic hydroxyl groups is 2. The van der Waals surface area contributed by atoms with Gasteiger partial charge < -0.3 is 26.0 Å². The van der Waals surface area contributed by atoms with E-state index < -0.39 is 28.8 Å². The van der Waals surface area contributed by atoms with Crippen LogP contribution in [-0.4, -0.2) is 39.5 Å². The van der Waals surface area contributed by atoms with E-state index in [1.807, 2.05) is 0 Å². The molecule has 0 saturated heterocycles. The number of amides is 1. The van der Waals surface area contributed by atoms with Crippen molar-refractivity contribution in [2.75, 3.05) is 12.3 Å². The summed E-state index contributed by atoms with van der Waals surface area (Å²) in [5.74, 6) is 0. The van der Waals surface area contributed by atoms with Gasteiger partial charge in [-0.2, -0.15) is 0 Å². The molecule has 2 unspecified atom stereocenters. The van der Waals surface area contributed by atoms with Gasteiger partial charge in [-0.25, -0.2) is 4.79 Å². The summed E-state index contributed by atoms with van der Waals surface area (Å²) in [6, 6.07) is 2.47. The highest BCUT2D eigenvalue weighted by atomic mass is 16.6. The number of nitrogen functional groups attached to an aromatic ring is 1. The molecule has 9 heteroatoms. The number of nitro groups is 1. The number of hydrogen-bond acceptors (Lipinski definition) is 7. The summed E-state index contributed by atoms with van der Waals surface area (Å²) in [6.45, 7) is 6.30. The second-order valence-electron chi connectivity index (χ2n) is 6.42. The minimum atomic E-state index is -1.42. The maximum atomic E-state index is 11.5. The molecular formula is C15H23N3O6. The zero-order chi connectivity index (χ0) is 18.7. The van der Waals surface area contributed by atoms with Crippen LogP contribution in [0.2, 0.25) is 0 Å². The van der Waals surface area contributed by atoms with Crippen molar-refractivity contribution >= 4 is 17.5 Å². The van der Waals surface area contributed by atoms with Crippen molar-refractivity contribution in [3.8, 4) is 0 Å². The smallest absolute Gasteiger partial charge is 0.407 e. The lowest BCUT2D eigenvalue weighted by atomic mass is 9.99. The fraction of sp³-hybridized carbons (Fsp3) is 0.533. The molecule has 1 amide bonds. The third-order valence-electron chi connectivity index (χ3n) is 3.14. The molecule has 2 atom stereocenters. The van der Waals surface area contributed by atoms with Crippen molar-refractivity contribution in [3.05, 3.63) is 33.4 Å². The minimum absolute atomic E-state index is 0.0175. The van der Waals surface area contributed by atoms with E-state index in [2.05, 4.69) is 5.32 Å². The zero-order valence-electron chi connectivity index (χ0n) is 14.1. The van der Waals surface area contributed by atoms with Gasteiger partial charge in [0.05, 0.1) is 4.92 Å². The Morgan fingerprint density at radius 3 is 2.50 bits per heavy atom. The number of alkyl carbamates (subject to hydrolysis) is 1. The van der Waals surface area contributed by atoms with Crippen LogP contribution in [0.15, 0.2) is 12.1 Å². The van der Waals surface area contributed by atoms with E-state index in [0.717, 1.165) is 6.07 Å². The summed E-state index contributed by atoms with van der Waals surface area (Å²) in [4.78, 5) is 21.8. The van der Waals surface area contributed by atoms with E-state index in [1.54, 1.807) is 20.8 Å². The predicted octanol–water partition coefficient (Wildman–Crippen LogP) is 1.40. The number of carbonyl (C=O) groups is 1. The highest BCUT2D eigenvalue weighted by Gasteiger charge is 2.25. The standard InChI is InChI=1S/C15H23N3O6/c1-8-5-9(10(16)6-11(8)18(22)23)13(20)12(19)7-17-14(21)24-15(2,3)4/h5-6,12-13,19-20H,7,16H2,1-4H3,(H,17,21). The Labute approximate surface area is 139 Å². The van der Waals surface area contributed by atoms with Crippen LogP contribution >= 0.6 is 0 Å². The lowest BCUT2D eigenvalue weighted by Gasteiger charge is -2.23. The molecule has 24 heavy (non-hydrogen) atoms. The zero-order valence-corrected chi connectivity index (χ0v) is 14.1. The number of benzene rings is 1. The quantitative estimate of drug-likeness (QED) is 0.359. The molecule has 0 heterocycles. The van der Waals surface area contributed by atoms with Crippen LogP contribution in [0.1, 0.15) is 38.0 Å². The van der Waals surface area contributed by atoms with Crippen LogP contribution in [0.25, 0.3) is 0 Å². The van der Waals surface area contributed by atoms with Gasteiger partial charge in [0.15, 0.2) is 0 Å². The Balaban J connectivity index is 2.79. The Hall–Kier alpha value is -2.39. The molecule has 0 aliphatic rings. The first-order valence-electron chi connectivity index (χ1n) is 7.29. The van der Waals surface area contributed by atoms with Gasteiger partial charge in [0, 0.05) is 29.4 Å². The number of ether oxygens (including phenoxy) is 1. The summed E-state index contributed by atoms with van der Waals surface area (Å²) in [5, 5.41) is 33.4. The van der Waals surface area contributed by atoms with E-state index in [1.165, 1.54) is 13.0 Å². The van der Waals surface area contributed by atoms with Gasteiger partial charge in [0.2, 0.25) is 0 Å². The third kappa shape index (κ3) is 5.36. The van der Waals surface area contributed by atoms with Gasteiger partial charge in [-0.05, 0) is 33.8 Å². The Bertz CT molecular complexity index is 626. The Morgan fingerprint density at radius 2 is 2.00 bits per heavy atom. The second-order valence-corrected chi connectivity index (χ2v) is 6.42. The predicted molar refractivity (Wildman–Crippen MR) is 87.4 cm³/mol. The first-order valence-corrected chi connectivity index (χ1v) is 7.29. The molecule has 1 aromatic carbocycles. The highest BCUT2D eigenvalue weighted by Crippen LogP contribution is 2.30. The number of rotatable bonds is 5. The maximum absolute atomic E-state index is 11.5.